The van der Waals surface area contributed by atoms with Gasteiger partial charge in [0.2, 0.25) is 5.91 Å². The molecule has 132 valence electrons. The van der Waals surface area contributed by atoms with Crippen LogP contribution in [0, 0.1) is 5.41 Å². The lowest BCUT2D eigenvalue weighted by Crippen LogP contribution is -2.46. The number of carbonyl (C=O) groups excluding carboxylic acids is 1. The summed E-state index contributed by atoms with van der Waals surface area (Å²) >= 11 is 0. The molecule has 0 heterocycles. The molecule has 2 rings (SSSR count). The number of benzene rings is 1. The lowest BCUT2D eigenvalue weighted by Gasteiger charge is -2.26. The lowest BCUT2D eigenvalue weighted by atomic mass is 9.79. The number of carbonyl (C=O) groups is 2. The van der Waals surface area contributed by atoms with Crippen LogP contribution in [0.3, 0.4) is 0 Å². The first-order valence-corrected chi connectivity index (χ1v) is 8.68. The molecule has 1 saturated carbocycles. The monoisotopic (exact) mass is 332 g/mol. The van der Waals surface area contributed by atoms with E-state index in [1.807, 2.05) is 26.2 Å². The Labute approximate surface area is 144 Å². The van der Waals surface area contributed by atoms with Gasteiger partial charge in [-0.2, -0.15) is 0 Å². The number of hydrogen-bond donors (Lipinski definition) is 2. The van der Waals surface area contributed by atoms with Gasteiger partial charge >= 0.3 is 5.97 Å². The van der Waals surface area contributed by atoms with Crippen molar-refractivity contribution in [2.24, 2.45) is 5.41 Å². The first-order chi connectivity index (χ1) is 11.4. The summed E-state index contributed by atoms with van der Waals surface area (Å²) in [6.45, 7) is 1.20. The first kappa shape index (κ1) is 18.5. The second-order valence-corrected chi connectivity index (χ2v) is 7.04. The average molecular weight is 332 g/mol. The van der Waals surface area contributed by atoms with Gasteiger partial charge < -0.3 is 15.3 Å². The van der Waals surface area contributed by atoms with E-state index in [9.17, 15) is 14.7 Å². The Balaban J connectivity index is 2.04. The van der Waals surface area contributed by atoms with Gasteiger partial charge in [0.15, 0.2) is 0 Å². The van der Waals surface area contributed by atoms with Crippen LogP contribution < -0.4 is 5.32 Å². The fourth-order valence-corrected chi connectivity index (χ4v) is 3.42. The summed E-state index contributed by atoms with van der Waals surface area (Å²) in [6, 6.07) is 8.04. The van der Waals surface area contributed by atoms with Gasteiger partial charge in [-0.05, 0) is 38.1 Å². The molecule has 0 unspecified atom stereocenters. The molecular weight excluding hydrogens is 304 g/mol. The van der Waals surface area contributed by atoms with Gasteiger partial charge in [0.1, 0.15) is 5.41 Å². The molecule has 0 atom stereocenters. The zero-order valence-electron chi connectivity index (χ0n) is 14.7. The van der Waals surface area contributed by atoms with E-state index in [1.54, 1.807) is 0 Å². The van der Waals surface area contributed by atoms with E-state index in [0.717, 1.165) is 37.8 Å². The third kappa shape index (κ3) is 4.57. The van der Waals surface area contributed by atoms with Gasteiger partial charge in [-0.15, -0.1) is 0 Å². The minimum Gasteiger partial charge on any atom is -0.480 e. The van der Waals surface area contributed by atoms with Gasteiger partial charge in [0.05, 0.1) is 0 Å². The van der Waals surface area contributed by atoms with Gasteiger partial charge in [-0.25, -0.2) is 0 Å². The molecule has 0 radical (unpaired) electrons. The minimum atomic E-state index is -1.25. The highest BCUT2D eigenvalue weighted by Crippen LogP contribution is 2.35. The molecule has 1 fully saturated rings. The molecule has 2 N–H and O–H groups in total. The molecule has 0 saturated heterocycles. The SMILES string of the molecule is CN(C)Cc1cccc(CNC(=O)C2(C(=O)O)CCCCCC2)c1. The molecular formula is C19H28N2O3. The van der Waals surface area contributed by atoms with Crippen LogP contribution in [0.4, 0.5) is 0 Å². The molecule has 1 aliphatic rings. The third-order valence-corrected chi connectivity index (χ3v) is 4.74. The number of carboxylic acid groups (broad SMARTS) is 1. The highest BCUT2D eigenvalue weighted by molar-refractivity contribution is 6.01. The molecule has 1 aliphatic carbocycles. The highest BCUT2D eigenvalue weighted by atomic mass is 16.4. The van der Waals surface area contributed by atoms with Crippen LogP contribution in [-0.2, 0) is 22.7 Å². The minimum absolute atomic E-state index is 0.338. The topological polar surface area (TPSA) is 69.6 Å². The standard InChI is InChI=1S/C19H28N2O3/c1-21(2)14-16-9-7-8-15(12-16)13-20-17(22)19(18(23)24)10-5-3-4-6-11-19/h7-9,12H,3-6,10-11,13-14H2,1-2H3,(H,20,22)(H,23,24). The quantitative estimate of drug-likeness (QED) is 0.621. The molecule has 24 heavy (non-hydrogen) atoms. The van der Waals surface area contributed by atoms with E-state index in [1.165, 1.54) is 5.56 Å². The molecule has 0 aromatic heterocycles. The van der Waals surface area contributed by atoms with Crippen LogP contribution >= 0.6 is 0 Å². The van der Waals surface area contributed by atoms with Crippen molar-refractivity contribution in [3.05, 3.63) is 35.4 Å². The summed E-state index contributed by atoms with van der Waals surface area (Å²) in [6.07, 6.45) is 4.50. The number of nitrogens with zero attached hydrogens (tertiary/aromatic N) is 1. The molecule has 1 aromatic carbocycles. The molecule has 0 spiro atoms. The van der Waals surface area contributed by atoms with E-state index in [-0.39, 0.29) is 5.91 Å². The zero-order valence-corrected chi connectivity index (χ0v) is 14.7. The maximum Gasteiger partial charge on any atom is 0.319 e. The van der Waals surface area contributed by atoms with Gasteiger partial charge in [-0.1, -0.05) is 49.9 Å². The van der Waals surface area contributed by atoms with Crippen LogP contribution in [-0.4, -0.2) is 36.0 Å². The third-order valence-electron chi connectivity index (χ3n) is 4.74. The average Bonchev–Trinajstić information content (AvgIpc) is 2.79. The van der Waals surface area contributed by atoms with Crippen molar-refractivity contribution < 1.29 is 14.7 Å². The fourth-order valence-electron chi connectivity index (χ4n) is 3.42. The van der Waals surface area contributed by atoms with Crippen LogP contribution in [0.25, 0.3) is 0 Å². The van der Waals surface area contributed by atoms with Crippen molar-refractivity contribution in [2.75, 3.05) is 14.1 Å². The highest BCUT2D eigenvalue weighted by Gasteiger charge is 2.45. The van der Waals surface area contributed by atoms with Crippen molar-refractivity contribution in [3.8, 4) is 0 Å². The summed E-state index contributed by atoms with van der Waals surface area (Å²) in [5.41, 5.74) is 0.920. The summed E-state index contributed by atoms with van der Waals surface area (Å²) in [7, 11) is 4.02. The van der Waals surface area contributed by atoms with Crippen LogP contribution in [0.5, 0.6) is 0 Å². The molecule has 5 nitrogen and oxygen atoms in total. The molecule has 1 aromatic rings. The zero-order chi connectivity index (χ0) is 17.6. The Kier molecular flexibility index (Phi) is 6.37. The number of hydrogen-bond acceptors (Lipinski definition) is 3. The predicted molar refractivity (Wildman–Crippen MR) is 93.5 cm³/mol. The van der Waals surface area contributed by atoms with Crippen molar-refractivity contribution in [3.63, 3.8) is 0 Å². The number of nitrogens with one attached hydrogen (secondary N) is 1. The molecule has 5 heteroatoms. The van der Waals surface area contributed by atoms with E-state index >= 15 is 0 Å². The summed E-state index contributed by atoms with van der Waals surface area (Å²) in [5, 5.41) is 12.5. The number of carboxylic acids is 1. The van der Waals surface area contributed by atoms with E-state index < -0.39 is 11.4 Å². The second-order valence-electron chi connectivity index (χ2n) is 7.04. The van der Waals surface area contributed by atoms with Gasteiger partial charge in [0.25, 0.3) is 0 Å². The summed E-state index contributed by atoms with van der Waals surface area (Å²) < 4.78 is 0. The molecule has 0 bridgehead atoms. The lowest BCUT2D eigenvalue weighted by molar-refractivity contribution is -0.157. The first-order valence-electron chi connectivity index (χ1n) is 8.68. The van der Waals surface area contributed by atoms with E-state index in [4.69, 9.17) is 0 Å². The number of amides is 1. The number of aliphatic carboxylic acids is 1. The summed E-state index contributed by atoms with van der Waals surface area (Å²) in [5.74, 6) is -1.32. The molecule has 0 aliphatic heterocycles. The normalized spacial score (nSPS) is 17.3. The Hall–Kier alpha value is -1.88. The predicted octanol–water partition coefficient (Wildman–Crippen LogP) is 2.79. The van der Waals surface area contributed by atoms with Gasteiger partial charge in [0, 0.05) is 13.1 Å². The van der Waals surface area contributed by atoms with Crippen molar-refractivity contribution >= 4 is 11.9 Å². The van der Waals surface area contributed by atoms with Crippen molar-refractivity contribution in [1.29, 1.82) is 0 Å². The molecule has 1 amide bonds. The maximum atomic E-state index is 12.7. The smallest absolute Gasteiger partial charge is 0.319 e. The Morgan fingerprint density at radius 1 is 1.12 bits per heavy atom. The van der Waals surface area contributed by atoms with Crippen LogP contribution in [0.15, 0.2) is 24.3 Å². The van der Waals surface area contributed by atoms with E-state index in [2.05, 4.69) is 22.3 Å². The largest absolute Gasteiger partial charge is 0.480 e. The maximum absolute atomic E-state index is 12.7. The van der Waals surface area contributed by atoms with Gasteiger partial charge in [-0.3, -0.25) is 9.59 Å². The summed E-state index contributed by atoms with van der Waals surface area (Å²) in [4.78, 5) is 26.5. The van der Waals surface area contributed by atoms with Crippen LogP contribution in [0.1, 0.15) is 49.7 Å². The number of rotatable bonds is 6. The Bertz CT molecular complexity index is 576. The second kappa shape index (κ2) is 8.29. The fraction of sp³-hybridized carbons (Fsp3) is 0.579. The van der Waals surface area contributed by atoms with E-state index in [0.29, 0.717) is 19.4 Å². The Morgan fingerprint density at radius 3 is 2.33 bits per heavy atom. The van der Waals surface area contributed by atoms with Crippen LogP contribution in [0.2, 0.25) is 0 Å². The Morgan fingerprint density at radius 2 is 1.75 bits per heavy atom. The van der Waals surface area contributed by atoms with Crippen molar-refractivity contribution in [1.82, 2.24) is 10.2 Å². The van der Waals surface area contributed by atoms with Crippen molar-refractivity contribution in [2.45, 2.75) is 51.6 Å².